The highest BCUT2D eigenvalue weighted by Crippen LogP contribution is 2.31. The van der Waals surface area contributed by atoms with Crippen LogP contribution >= 0.6 is 34.8 Å². The molecule has 0 bridgehead atoms. The van der Waals surface area contributed by atoms with E-state index in [0.717, 1.165) is 0 Å². The topological polar surface area (TPSA) is 50.2 Å². The number of aromatic nitrogens is 1. The van der Waals surface area contributed by atoms with Crippen LogP contribution in [0.5, 0.6) is 0 Å². The largest absolute Gasteiger partial charge is 0.476 e. The lowest BCUT2D eigenvalue weighted by Crippen LogP contribution is -2.01. The predicted octanol–water partition coefficient (Wildman–Crippen LogP) is 4.41. The minimum Gasteiger partial charge on any atom is -0.476 e. The van der Waals surface area contributed by atoms with Gasteiger partial charge in [-0.05, 0) is 18.2 Å². The van der Waals surface area contributed by atoms with Gasteiger partial charge < -0.3 is 5.11 Å². The summed E-state index contributed by atoms with van der Waals surface area (Å²) in [6.45, 7) is 0. The molecule has 0 saturated heterocycles. The Bertz CT molecular complexity index is 629. The van der Waals surface area contributed by atoms with Crippen LogP contribution in [0.1, 0.15) is 10.5 Å². The number of halogens is 3. The summed E-state index contributed by atoms with van der Waals surface area (Å²) in [6, 6.07) is 6.50. The van der Waals surface area contributed by atoms with Crippen LogP contribution in [0.4, 0.5) is 0 Å². The molecule has 0 amide bonds. The molecule has 1 N–H and O–H groups in total. The number of carboxylic acids is 1. The molecule has 0 atom stereocenters. The van der Waals surface area contributed by atoms with Crippen LogP contribution in [-0.4, -0.2) is 16.1 Å². The first-order valence-corrected chi connectivity index (χ1v) is 5.96. The molecule has 0 fully saturated rings. The van der Waals surface area contributed by atoms with Crippen molar-refractivity contribution in [2.75, 3.05) is 0 Å². The van der Waals surface area contributed by atoms with Crippen molar-refractivity contribution in [1.82, 2.24) is 4.98 Å². The van der Waals surface area contributed by atoms with Gasteiger partial charge in [0.2, 0.25) is 0 Å². The normalized spacial score (nSPS) is 10.4. The second-order valence-corrected chi connectivity index (χ2v) is 4.73. The molecule has 3 nitrogen and oxygen atoms in total. The minimum absolute atomic E-state index is 0.0611. The van der Waals surface area contributed by atoms with Crippen molar-refractivity contribution in [3.8, 4) is 11.1 Å². The van der Waals surface area contributed by atoms with Crippen LogP contribution in [0.2, 0.25) is 15.1 Å². The Morgan fingerprint density at radius 2 is 1.83 bits per heavy atom. The summed E-state index contributed by atoms with van der Waals surface area (Å²) in [5.41, 5.74) is 1.13. The van der Waals surface area contributed by atoms with Gasteiger partial charge >= 0.3 is 5.97 Å². The van der Waals surface area contributed by atoms with E-state index < -0.39 is 5.97 Å². The number of carboxylic acid groups (broad SMARTS) is 1. The molecule has 0 aliphatic rings. The Balaban J connectivity index is 2.52. The van der Waals surface area contributed by atoms with Gasteiger partial charge in [-0.25, -0.2) is 9.78 Å². The van der Waals surface area contributed by atoms with Crippen LogP contribution in [-0.2, 0) is 0 Å². The number of nitrogens with zero attached hydrogens (tertiary/aromatic N) is 1. The molecule has 0 saturated carbocycles. The van der Waals surface area contributed by atoms with Gasteiger partial charge in [-0.3, -0.25) is 0 Å². The third kappa shape index (κ3) is 2.58. The van der Waals surface area contributed by atoms with Crippen molar-refractivity contribution in [2.45, 2.75) is 0 Å². The Morgan fingerprint density at radius 3 is 2.39 bits per heavy atom. The van der Waals surface area contributed by atoms with Crippen LogP contribution in [0, 0.1) is 0 Å². The lowest BCUT2D eigenvalue weighted by molar-refractivity contribution is 0.0691. The lowest BCUT2D eigenvalue weighted by Gasteiger charge is -2.06. The number of rotatable bonds is 2. The van der Waals surface area contributed by atoms with Gasteiger partial charge in [-0.15, -0.1) is 0 Å². The fraction of sp³-hybridized carbons (Fsp3) is 0. The highest BCUT2D eigenvalue weighted by Gasteiger charge is 2.13. The molecule has 0 spiro atoms. The van der Waals surface area contributed by atoms with Gasteiger partial charge in [0.25, 0.3) is 0 Å². The molecule has 0 radical (unpaired) electrons. The van der Waals surface area contributed by atoms with E-state index in [2.05, 4.69) is 4.98 Å². The monoisotopic (exact) mass is 301 g/mol. The van der Waals surface area contributed by atoms with Gasteiger partial charge in [0.1, 0.15) is 0 Å². The highest BCUT2D eigenvalue weighted by molar-refractivity contribution is 6.36. The summed E-state index contributed by atoms with van der Waals surface area (Å²) in [6.07, 6.45) is 1.41. The molecule has 1 aromatic heterocycles. The Morgan fingerprint density at radius 1 is 1.11 bits per heavy atom. The fourth-order valence-electron chi connectivity index (χ4n) is 1.47. The molecule has 2 aromatic rings. The van der Waals surface area contributed by atoms with Gasteiger partial charge in [-0.1, -0.05) is 40.9 Å². The molecular weight excluding hydrogens is 296 g/mol. The smallest absolute Gasteiger partial charge is 0.356 e. The number of benzene rings is 1. The number of hydrogen-bond acceptors (Lipinski definition) is 2. The van der Waals surface area contributed by atoms with E-state index in [4.69, 9.17) is 39.9 Å². The Kier molecular flexibility index (Phi) is 3.76. The van der Waals surface area contributed by atoms with Gasteiger partial charge in [0.05, 0.1) is 5.02 Å². The summed E-state index contributed by atoms with van der Waals surface area (Å²) in [4.78, 5) is 14.6. The fourth-order valence-corrected chi connectivity index (χ4v) is 2.23. The predicted molar refractivity (Wildman–Crippen MR) is 71.7 cm³/mol. The summed E-state index contributed by atoms with van der Waals surface area (Å²) in [5, 5.41) is 9.85. The first-order valence-electron chi connectivity index (χ1n) is 4.83. The highest BCUT2D eigenvalue weighted by atomic mass is 35.5. The van der Waals surface area contributed by atoms with Crippen molar-refractivity contribution in [2.24, 2.45) is 0 Å². The summed E-state index contributed by atoms with van der Waals surface area (Å²) < 4.78 is 0. The van der Waals surface area contributed by atoms with Crippen LogP contribution in [0.25, 0.3) is 11.1 Å². The second kappa shape index (κ2) is 5.14. The Labute approximate surface area is 118 Å². The number of hydrogen-bond donors (Lipinski definition) is 1. The van der Waals surface area contributed by atoms with Crippen LogP contribution in [0.3, 0.4) is 0 Å². The molecule has 0 unspecified atom stereocenters. The molecule has 18 heavy (non-hydrogen) atoms. The lowest BCUT2D eigenvalue weighted by atomic mass is 10.1. The SMILES string of the molecule is O=C(O)c1ncc(-c2ccc(Cl)cc2Cl)cc1Cl. The molecule has 1 aromatic carbocycles. The first kappa shape index (κ1) is 13.1. The Hall–Kier alpha value is -1.29. The second-order valence-electron chi connectivity index (χ2n) is 3.48. The summed E-state index contributed by atoms with van der Waals surface area (Å²) in [5.74, 6) is -1.17. The van der Waals surface area contributed by atoms with Crippen molar-refractivity contribution in [3.05, 3.63) is 51.2 Å². The van der Waals surface area contributed by atoms with Gasteiger partial charge in [-0.2, -0.15) is 0 Å². The maximum absolute atomic E-state index is 10.8. The molecule has 92 valence electrons. The van der Waals surface area contributed by atoms with Gasteiger partial charge in [0.15, 0.2) is 5.69 Å². The van der Waals surface area contributed by atoms with E-state index in [-0.39, 0.29) is 10.7 Å². The van der Waals surface area contributed by atoms with E-state index in [0.29, 0.717) is 21.2 Å². The van der Waals surface area contributed by atoms with E-state index in [1.165, 1.54) is 12.3 Å². The van der Waals surface area contributed by atoms with Crippen LogP contribution < -0.4 is 0 Å². The molecule has 0 aliphatic carbocycles. The number of pyridine rings is 1. The average molecular weight is 303 g/mol. The molecular formula is C12H6Cl3NO2. The zero-order valence-corrected chi connectivity index (χ0v) is 11.1. The van der Waals surface area contributed by atoms with Crippen molar-refractivity contribution in [3.63, 3.8) is 0 Å². The molecule has 1 heterocycles. The molecule has 6 heteroatoms. The zero-order valence-electron chi connectivity index (χ0n) is 8.82. The van der Waals surface area contributed by atoms with Crippen LogP contribution in [0.15, 0.2) is 30.5 Å². The maximum atomic E-state index is 10.8. The molecule has 0 aliphatic heterocycles. The first-order chi connectivity index (χ1) is 8.49. The van der Waals surface area contributed by atoms with Gasteiger partial charge in [0, 0.05) is 27.4 Å². The minimum atomic E-state index is -1.17. The van der Waals surface area contributed by atoms with Crippen molar-refractivity contribution >= 4 is 40.8 Å². The summed E-state index contributed by atoms with van der Waals surface area (Å²) in [7, 11) is 0. The van der Waals surface area contributed by atoms with E-state index in [1.54, 1.807) is 18.2 Å². The van der Waals surface area contributed by atoms with Crippen molar-refractivity contribution in [1.29, 1.82) is 0 Å². The number of carbonyl (C=O) groups is 1. The van der Waals surface area contributed by atoms with E-state index in [9.17, 15) is 4.79 Å². The summed E-state index contributed by atoms with van der Waals surface area (Å²) >= 11 is 17.7. The quantitative estimate of drug-likeness (QED) is 0.894. The third-order valence-electron chi connectivity index (χ3n) is 2.29. The molecule has 2 rings (SSSR count). The maximum Gasteiger partial charge on any atom is 0.356 e. The van der Waals surface area contributed by atoms with Crippen molar-refractivity contribution < 1.29 is 9.90 Å². The standard InChI is InChI=1S/C12H6Cl3NO2/c13-7-1-2-8(9(14)4-7)6-3-10(15)11(12(17)18)16-5-6/h1-5H,(H,17,18). The van der Waals surface area contributed by atoms with E-state index in [1.807, 2.05) is 0 Å². The zero-order chi connectivity index (χ0) is 13.3. The number of aromatic carboxylic acids is 1. The average Bonchev–Trinajstić information content (AvgIpc) is 2.28. The third-order valence-corrected chi connectivity index (χ3v) is 3.12. The van der Waals surface area contributed by atoms with E-state index >= 15 is 0 Å².